The predicted octanol–water partition coefficient (Wildman–Crippen LogP) is 1.54. The lowest BCUT2D eigenvalue weighted by Crippen LogP contribution is -2.10. The van der Waals surface area contributed by atoms with Crippen LogP contribution in [-0.2, 0) is 4.79 Å². The molecule has 0 amide bonds. The molecule has 5 heteroatoms. The van der Waals surface area contributed by atoms with Crippen LogP contribution in [0.2, 0.25) is 0 Å². The summed E-state index contributed by atoms with van der Waals surface area (Å²) in [4.78, 5) is 14.4. The molecule has 0 aliphatic heterocycles. The fourth-order valence-electron chi connectivity index (χ4n) is 0.806. The monoisotopic (exact) mass is 240 g/mol. The Bertz CT molecular complexity index is 355. The highest BCUT2D eigenvalue weighted by Gasteiger charge is 2.19. The van der Waals surface area contributed by atoms with E-state index in [0.29, 0.717) is 0 Å². The molecule has 1 heterocycles. The summed E-state index contributed by atoms with van der Waals surface area (Å²) >= 11 is 3.16. The largest absolute Gasteiger partial charge is 0.480 e. The third-order valence-electron chi connectivity index (χ3n) is 1.42. The Labute approximate surface area is 83.0 Å². The van der Waals surface area contributed by atoms with Gasteiger partial charge < -0.3 is 5.11 Å². The second kappa shape index (κ2) is 4.01. The first-order valence-corrected chi connectivity index (χ1v) is 4.18. The number of carbonyl (C=O) groups is 1. The molecule has 0 fully saturated rings. The average Bonchev–Trinajstić information content (AvgIpc) is 2.09. The number of carboxylic acid groups (broad SMARTS) is 1. The van der Waals surface area contributed by atoms with Gasteiger partial charge in [0, 0.05) is 10.7 Å². The molecule has 4 nitrogen and oxygen atoms in total. The second-order valence-corrected chi connectivity index (χ2v) is 3.22. The highest BCUT2D eigenvalue weighted by atomic mass is 79.9. The second-order valence-electron chi connectivity index (χ2n) is 2.30. The number of rotatable bonds is 2. The van der Waals surface area contributed by atoms with E-state index >= 15 is 0 Å². The minimum atomic E-state index is -1.19. The van der Waals surface area contributed by atoms with Crippen molar-refractivity contribution < 1.29 is 9.90 Å². The SMILES string of the molecule is N#C[C@@H](C(=O)O)c1ccc(Br)cn1. The zero-order chi connectivity index (χ0) is 9.84. The number of aliphatic carboxylic acids is 1. The van der Waals surface area contributed by atoms with Crippen LogP contribution >= 0.6 is 15.9 Å². The van der Waals surface area contributed by atoms with Gasteiger partial charge in [-0.3, -0.25) is 9.78 Å². The standard InChI is InChI=1S/C8H5BrN2O2/c9-5-1-2-7(11-4-5)6(3-10)8(12)13/h1-2,4,6H,(H,12,13)/t6-/m1/s1. The van der Waals surface area contributed by atoms with Crippen molar-refractivity contribution in [2.45, 2.75) is 5.92 Å². The molecule has 0 radical (unpaired) electrons. The van der Waals surface area contributed by atoms with Gasteiger partial charge in [0.15, 0.2) is 5.92 Å². The van der Waals surface area contributed by atoms with E-state index in [1.54, 1.807) is 12.1 Å². The Kier molecular flexibility index (Phi) is 2.98. The zero-order valence-corrected chi connectivity index (χ0v) is 8.02. The van der Waals surface area contributed by atoms with Crippen LogP contribution in [-0.4, -0.2) is 16.1 Å². The van der Waals surface area contributed by atoms with Gasteiger partial charge in [-0.2, -0.15) is 5.26 Å². The zero-order valence-electron chi connectivity index (χ0n) is 6.44. The summed E-state index contributed by atoms with van der Waals surface area (Å²) in [7, 11) is 0. The molecule has 1 aromatic heterocycles. The summed E-state index contributed by atoms with van der Waals surface area (Å²) in [6.07, 6.45) is 1.46. The van der Waals surface area contributed by atoms with Crippen molar-refractivity contribution in [3.8, 4) is 6.07 Å². The van der Waals surface area contributed by atoms with Gasteiger partial charge in [0.05, 0.1) is 11.8 Å². The Balaban J connectivity index is 3.01. The van der Waals surface area contributed by atoms with E-state index in [0.717, 1.165) is 4.47 Å². The molecule has 1 rings (SSSR count). The maximum absolute atomic E-state index is 10.5. The molecule has 1 N–H and O–H groups in total. The van der Waals surface area contributed by atoms with Crippen LogP contribution in [0.25, 0.3) is 0 Å². The number of nitrogens with zero attached hydrogens (tertiary/aromatic N) is 2. The van der Waals surface area contributed by atoms with Crippen LogP contribution in [0, 0.1) is 11.3 Å². The molecule has 1 atom stereocenters. The number of halogens is 1. The van der Waals surface area contributed by atoms with Crippen LogP contribution in [0.1, 0.15) is 11.6 Å². The fraction of sp³-hybridized carbons (Fsp3) is 0.125. The lowest BCUT2D eigenvalue weighted by molar-refractivity contribution is -0.137. The molecule has 0 spiro atoms. The van der Waals surface area contributed by atoms with Crippen LogP contribution in [0.4, 0.5) is 0 Å². The molecular weight excluding hydrogens is 236 g/mol. The van der Waals surface area contributed by atoms with Crippen LogP contribution in [0.15, 0.2) is 22.8 Å². The topological polar surface area (TPSA) is 74.0 Å². The number of pyridine rings is 1. The number of hydrogen-bond donors (Lipinski definition) is 1. The molecule has 0 aliphatic carbocycles. The first-order valence-electron chi connectivity index (χ1n) is 3.39. The van der Waals surface area contributed by atoms with Crippen LogP contribution < -0.4 is 0 Å². The molecule has 1 aromatic rings. The molecule has 0 saturated carbocycles. The highest BCUT2D eigenvalue weighted by Crippen LogP contribution is 2.15. The Morgan fingerprint density at radius 1 is 1.69 bits per heavy atom. The third-order valence-corrected chi connectivity index (χ3v) is 1.89. The van der Waals surface area contributed by atoms with Gasteiger partial charge in [0.1, 0.15) is 0 Å². The normalized spacial score (nSPS) is 11.7. The van der Waals surface area contributed by atoms with Gasteiger partial charge in [-0.15, -0.1) is 0 Å². The van der Waals surface area contributed by atoms with Gasteiger partial charge in [-0.25, -0.2) is 0 Å². The molecule has 13 heavy (non-hydrogen) atoms. The summed E-state index contributed by atoms with van der Waals surface area (Å²) in [6, 6.07) is 4.81. The van der Waals surface area contributed by atoms with Crippen LogP contribution in [0.3, 0.4) is 0 Å². The van der Waals surface area contributed by atoms with E-state index in [2.05, 4.69) is 20.9 Å². The first-order chi connectivity index (χ1) is 6.15. The van der Waals surface area contributed by atoms with Crippen LogP contribution in [0.5, 0.6) is 0 Å². The highest BCUT2D eigenvalue weighted by molar-refractivity contribution is 9.10. The molecule has 0 unspecified atom stereocenters. The summed E-state index contributed by atoms with van der Waals surface area (Å²) < 4.78 is 0.748. The molecular formula is C8H5BrN2O2. The lowest BCUT2D eigenvalue weighted by atomic mass is 10.1. The number of nitriles is 1. The van der Waals surface area contributed by atoms with Crippen molar-refractivity contribution in [1.82, 2.24) is 4.98 Å². The summed E-state index contributed by atoms with van der Waals surface area (Å²) in [5.74, 6) is -2.37. The summed E-state index contributed by atoms with van der Waals surface area (Å²) in [5, 5.41) is 17.2. The minimum Gasteiger partial charge on any atom is -0.480 e. The number of hydrogen-bond acceptors (Lipinski definition) is 3. The van der Waals surface area contributed by atoms with E-state index in [9.17, 15) is 4.79 Å². The quantitative estimate of drug-likeness (QED) is 0.851. The van der Waals surface area contributed by atoms with E-state index < -0.39 is 11.9 Å². The smallest absolute Gasteiger partial charge is 0.327 e. The van der Waals surface area contributed by atoms with Crippen molar-refractivity contribution in [3.63, 3.8) is 0 Å². The maximum atomic E-state index is 10.5. The molecule has 66 valence electrons. The van der Waals surface area contributed by atoms with E-state index in [1.807, 2.05) is 0 Å². The maximum Gasteiger partial charge on any atom is 0.327 e. The summed E-state index contributed by atoms with van der Waals surface area (Å²) in [5.41, 5.74) is 0.248. The van der Waals surface area contributed by atoms with Gasteiger partial charge in [0.25, 0.3) is 0 Å². The molecule has 0 bridgehead atoms. The number of carboxylic acids is 1. The minimum absolute atomic E-state index is 0.248. The Morgan fingerprint density at radius 2 is 2.38 bits per heavy atom. The lowest BCUT2D eigenvalue weighted by Gasteiger charge is -2.01. The van der Waals surface area contributed by atoms with Gasteiger partial charge in [-0.1, -0.05) is 0 Å². The third kappa shape index (κ3) is 2.26. The summed E-state index contributed by atoms with van der Waals surface area (Å²) in [6.45, 7) is 0. The van der Waals surface area contributed by atoms with Crippen molar-refractivity contribution in [2.75, 3.05) is 0 Å². The van der Waals surface area contributed by atoms with Crippen molar-refractivity contribution in [1.29, 1.82) is 5.26 Å². The van der Waals surface area contributed by atoms with Gasteiger partial charge in [-0.05, 0) is 28.1 Å². The molecule has 0 saturated heterocycles. The predicted molar refractivity (Wildman–Crippen MR) is 47.9 cm³/mol. The molecule has 0 aliphatic rings. The Hall–Kier alpha value is -1.41. The fourth-order valence-corrected chi connectivity index (χ4v) is 1.04. The van der Waals surface area contributed by atoms with E-state index in [-0.39, 0.29) is 5.69 Å². The number of aromatic nitrogens is 1. The van der Waals surface area contributed by atoms with Gasteiger partial charge >= 0.3 is 5.97 Å². The molecule has 0 aromatic carbocycles. The first kappa shape index (κ1) is 9.68. The Morgan fingerprint density at radius 3 is 2.77 bits per heavy atom. The van der Waals surface area contributed by atoms with Crippen molar-refractivity contribution in [2.24, 2.45) is 0 Å². The van der Waals surface area contributed by atoms with Crippen molar-refractivity contribution >= 4 is 21.9 Å². The van der Waals surface area contributed by atoms with Crippen molar-refractivity contribution in [3.05, 3.63) is 28.5 Å². The van der Waals surface area contributed by atoms with Gasteiger partial charge in [0.2, 0.25) is 0 Å². The average molecular weight is 241 g/mol. The van der Waals surface area contributed by atoms with E-state index in [1.165, 1.54) is 12.3 Å². The van der Waals surface area contributed by atoms with E-state index in [4.69, 9.17) is 10.4 Å².